The first-order chi connectivity index (χ1) is 13.0. The number of benzene rings is 2. The monoisotopic (exact) mass is 378 g/mol. The summed E-state index contributed by atoms with van der Waals surface area (Å²) in [5, 5.41) is 11.7. The van der Waals surface area contributed by atoms with Crippen LogP contribution in [0, 0.1) is 20.8 Å². The lowest BCUT2D eigenvalue weighted by Crippen LogP contribution is -2.40. The van der Waals surface area contributed by atoms with Crippen LogP contribution in [-0.4, -0.2) is 20.6 Å². The lowest BCUT2D eigenvalue weighted by atomic mass is 10.1. The number of hydrogen-bond acceptors (Lipinski definition) is 6. The first-order valence-corrected chi connectivity index (χ1v) is 9.24. The van der Waals surface area contributed by atoms with E-state index in [2.05, 4.69) is 84.5 Å². The predicted octanol–water partition coefficient (Wildman–Crippen LogP) is 3.27. The molecule has 27 heavy (non-hydrogen) atoms. The number of thiol groups is 1. The van der Waals surface area contributed by atoms with Gasteiger partial charge < -0.3 is 0 Å². The standard InChI is InChI=1S/C20H22N6S/c1-13-5-4-6-16(10-13)12-25-19(22-23-24-25)17-11-21-26(20(17)27)18-8-7-14(2)9-15(18)3/h4-11,23-24,27H,12H2,1-3H3. The number of aromatic nitrogens is 2. The van der Waals surface area contributed by atoms with Gasteiger partial charge in [-0.2, -0.15) is 5.10 Å². The van der Waals surface area contributed by atoms with Gasteiger partial charge in [0.05, 0.1) is 24.0 Å². The van der Waals surface area contributed by atoms with Crippen LogP contribution in [0.1, 0.15) is 27.8 Å². The van der Waals surface area contributed by atoms with E-state index in [1.54, 1.807) is 6.20 Å². The van der Waals surface area contributed by atoms with Crippen molar-refractivity contribution in [2.75, 3.05) is 0 Å². The zero-order chi connectivity index (χ0) is 19.0. The molecule has 6 nitrogen and oxygen atoms in total. The molecule has 1 aromatic heterocycles. The summed E-state index contributed by atoms with van der Waals surface area (Å²) in [6.45, 7) is 6.93. The summed E-state index contributed by atoms with van der Waals surface area (Å²) in [6.07, 6.45) is 1.80. The molecule has 0 radical (unpaired) electrons. The Morgan fingerprint density at radius 3 is 2.63 bits per heavy atom. The van der Waals surface area contributed by atoms with Gasteiger partial charge >= 0.3 is 0 Å². The van der Waals surface area contributed by atoms with E-state index in [-0.39, 0.29) is 0 Å². The molecule has 2 heterocycles. The molecule has 0 aliphatic carbocycles. The van der Waals surface area contributed by atoms with Crippen molar-refractivity contribution in [3.63, 3.8) is 0 Å². The van der Waals surface area contributed by atoms with E-state index >= 15 is 0 Å². The quantitative estimate of drug-likeness (QED) is 0.610. The number of rotatable bonds is 4. The van der Waals surface area contributed by atoms with E-state index in [0.717, 1.165) is 27.7 Å². The fourth-order valence-electron chi connectivity index (χ4n) is 3.28. The van der Waals surface area contributed by atoms with Crippen LogP contribution in [-0.2, 0) is 6.54 Å². The van der Waals surface area contributed by atoms with Crippen LogP contribution in [0.5, 0.6) is 0 Å². The van der Waals surface area contributed by atoms with Gasteiger partial charge in [0.1, 0.15) is 5.03 Å². The highest BCUT2D eigenvalue weighted by atomic mass is 32.1. The summed E-state index contributed by atoms with van der Waals surface area (Å²) in [7, 11) is 0. The zero-order valence-corrected chi connectivity index (χ0v) is 16.5. The molecular formula is C20H22N6S. The molecule has 138 valence electrons. The molecule has 3 aromatic rings. The highest BCUT2D eigenvalue weighted by molar-refractivity contribution is 7.80. The molecule has 0 bridgehead atoms. The number of hydrazone groups is 1. The van der Waals surface area contributed by atoms with Crippen LogP contribution in [0.2, 0.25) is 0 Å². The Balaban J connectivity index is 1.64. The second kappa shape index (κ2) is 7.09. The number of amidine groups is 1. The number of nitrogens with one attached hydrogen (secondary N) is 2. The molecule has 1 aliphatic heterocycles. The molecule has 0 atom stereocenters. The van der Waals surface area contributed by atoms with Gasteiger partial charge in [0.15, 0.2) is 5.84 Å². The van der Waals surface area contributed by atoms with Crippen molar-refractivity contribution in [1.29, 1.82) is 0 Å². The van der Waals surface area contributed by atoms with Gasteiger partial charge in [-0.15, -0.1) is 23.3 Å². The van der Waals surface area contributed by atoms with Crippen molar-refractivity contribution >= 4 is 18.5 Å². The Morgan fingerprint density at radius 2 is 1.85 bits per heavy atom. The van der Waals surface area contributed by atoms with Gasteiger partial charge in [-0.1, -0.05) is 47.5 Å². The van der Waals surface area contributed by atoms with Crippen LogP contribution in [0.3, 0.4) is 0 Å². The summed E-state index contributed by atoms with van der Waals surface area (Å²) in [5.74, 6) is 0.762. The third-order valence-corrected chi connectivity index (χ3v) is 5.02. The fraction of sp³-hybridized carbons (Fsp3) is 0.200. The summed E-state index contributed by atoms with van der Waals surface area (Å²) < 4.78 is 1.85. The van der Waals surface area contributed by atoms with E-state index < -0.39 is 0 Å². The van der Waals surface area contributed by atoms with Crippen molar-refractivity contribution in [2.45, 2.75) is 32.3 Å². The Morgan fingerprint density at radius 1 is 1.04 bits per heavy atom. The minimum atomic E-state index is 0.676. The predicted molar refractivity (Wildman–Crippen MR) is 110 cm³/mol. The second-order valence-electron chi connectivity index (χ2n) is 6.82. The molecule has 0 saturated heterocycles. The normalized spacial score (nSPS) is 13.6. The Hall–Kier alpha value is -2.77. The number of hydrazine groups is 2. The van der Waals surface area contributed by atoms with Crippen LogP contribution in [0.4, 0.5) is 0 Å². The van der Waals surface area contributed by atoms with E-state index in [9.17, 15) is 0 Å². The van der Waals surface area contributed by atoms with E-state index in [0.29, 0.717) is 6.54 Å². The zero-order valence-electron chi connectivity index (χ0n) is 15.6. The molecule has 2 aromatic carbocycles. The molecule has 0 unspecified atom stereocenters. The average molecular weight is 379 g/mol. The highest BCUT2D eigenvalue weighted by Crippen LogP contribution is 2.24. The Bertz CT molecular complexity index is 1020. The summed E-state index contributed by atoms with van der Waals surface area (Å²) in [5.41, 5.74) is 12.6. The van der Waals surface area contributed by atoms with Crippen molar-refractivity contribution in [3.05, 3.63) is 76.5 Å². The molecule has 2 N–H and O–H groups in total. The SMILES string of the molecule is Cc1cccc(CN2NNN=C2c2cnn(-c3ccc(C)cc3C)c2S)c1. The van der Waals surface area contributed by atoms with Gasteiger partial charge in [0.2, 0.25) is 0 Å². The lowest BCUT2D eigenvalue weighted by molar-refractivity contribution is 0.288. The van der Waals surface area contributed by atoms with Crippen molar-refractivity contribution in [1.82, 2.24) is 25.9 Å². The van der Waals surface area contributed by atoms with E-state index in [4.69, 9.17) is 12.6 Å². The number of aryl methyl sites for hydroxylation is 3. The van der Waals surface area contributed by atoms with Crippen LogP contribution in [0.25, 0.3) is 5.69 Å². The molecule has 1 aliphatic rings. The van der Waals surface area contributed by atoms with Gasteiger partial charge in [-0.3, -0.25) is 5.01 Å². The van der Waals surface area contributed by atoms with Crippen molar-refractivity contribution < 1.29 is 0 Å². The fourth-order valence-corrected chi connectivity index (χ4v) is 3.60. The second-order valence-corrected chi connectivity index (χ2v) is 7.24. The lowest BCUT2D eigenvalue weighted by Gasteiger charge is -2.19. The third kappa shape index (κ3) is 3.43. The molecule has 0 saturated carbocycles. The topological polar surface area (TPSA) is 57.5 Å². The largest absolute Gasteiger partial charge is 0.266 e. The number of hydrogen-bond donors (Lipinski definition) is 3. The Kier molecular flexibility index (Phi) is 4.63. The molecular weight excluding hydrogens is 356 g/mol. The molecule has 0 spiro atoms. The van der Waals surface area contributed by atoms with E-state index in [1.807, 2.05) is 9.69 Å². The third-order valence-electron chi connectivity index (χ3n) is 4.59. The van der Waals surface area contributed by atoms with Gasteiger partial charge in [0, 0.05) is 0 Å². The van der Waals surface area contributed by atoms with Crippen LogP contribution >= 0.6 is 12.6 Å². The molecule has 7 heteroatoms. The first-order valence-electron chi connectivity index (χ1n) is 8.79. The maximum atomic E-state index is 4.74. The molecule has 4 rings (SSSR count). The van der Waals surface area contributed by atoms with Crippen molar-refractivity contribution in [2.24, 2.45) is 5.10 Å². The average Bonchev–Trinajstić information content (AvgIpc) is 3.22. The van der Waals surface area contributed by atoms with Crippen LogP contribution < -0.4 is 11.1 Å². The molecule has 0 amide bonds. The minimum absolute atomic E-state index is 0.676. The number of nitrogens with zero attached hydrogens (tertiary/aromatic N) is 4. The maximum Gasteiger partial charge on any atom is 0.177 e. The smallest absolute Gasteiger partial charge is 0.177 e. The maximum absolute atomic E-state index is 4.74. The van der Waals surface area contributed by atoms with Crippen LogP contribution in [0.15, 0.2) is 58.8 Å². The highest BCUT2D eigenvalue weighted by Gasteiger charge is 2.24. The summed E-state index contributed by atoms with van der Waals surface area (Å²) in [6, 6.07) is 14.7. The first kappa shape index (κ1) is 17.6. The van der Waals surface area contributed by atoms with Gasteiger partial charge in [-0.05, 0) is 38.0 Å². The van der Waals surface area contributed by atoms with E-state index in [1.165, 1.54) is 16.7 Å². The van der Waals surface area contributed by atoms with Gasteiger partial charge in [-0.25, -0.2) is 10.2 Å². The summed E-state index contributed by atoms with van der Waals surface area (Å²) in [4.78, 5) is 0. The Labute approximate surface area is 164 Å². The molecule has 0 fully saturated rings. The van der Waals surface area contributed by atoms with Gasteiger partial charge in [0.25, 0.3) is 0 Å². The minimum Gasteiger partial charge on any atom is -0.266 e. The van der Waals surface area contributed by atoms with Crippen molar-refractivity contribution in [3.8, 4) is 5.69 Å². The summed E-state index contributed by atoms with van der Waals surface area (Å²) >= 11 is 4.74.